The van der Waals surface area contributed by atoms with Gasteiger partial charge >= 0.3 is 0 Å². The molecule has 63 heavy (non-hydrogen) atoms. The molecule has 0 unspecified atom stereocenters. The Hall–Kier alpha value is -8.20. The van der Waals surface area contributed by atoms with Gasteiger partial charge in [-0.1, -0.05) is 213 Å². The highest BCUT2D eigenvalue weighted by atomic mass is 15.1. The number of nitrogens with zero attached hydrogens (tertiary/aromatic N) is 2. The number of hydrogen-bond acceptors (Lipinski definition) is 2. The first kappa shape index (κ1) is 40.2. The molecule has 9 aromatic carbocycles. The number of benzene rings is 9. The highest BCUT2D eigenvalue weighted by molar-refractivity contribution is 5.92. The maximum atomic E-state index is 3.80. The Balaban J connectivity index is 1.01. The first-order valence-corrected chi connectivity index (χ1v) is 21.5. The van der Waals surface area contributed by atoms with Crippen molar-refractivity contribution in [1.82, 2.24) is 0 Å². The molecule has 0 aliphatic carbocycles. The van der Waals surface area contributed by atoms with E-state index in [1.54, 1.807) is 6.08 Å². The molecule has 0 aliphatic rings. The van der Waals surface area contributed by atoms with Gasteiger partial charge in [0.25, 0.3) is 0 Å². The molecule has 0 amide bonds. The van der Waals surface area contributed by atoms with Crippen LogP contribution in [0.1, 0.15) is 0 Å². The van der Waals surface area contributed by atoms with Crippen LogP contribution in [0.2, 0.25) is 0 Å². The van der Waals surface area contributed by atoms with E-state index in [4.69, 9.17) is 0 Å². The summed E-state index contributed by atoms with van der Waals surface area (Å²) in [5, 5.41) is 0. The summed E-state index contributed by atoms with van der Waals surface area (Å²) in [7, 11) is 0. The fourth-order valence-corrected chi connectivity index (χ4v) is 8.22. The van der Waals surface area contributed by atoms with Gasteiger partial charge in [0.1, 0.15) is 0 Å². The third-order valence-corrected chi connectivity index (χ3v) is 11.4. The van der Waals surface area contributed by atoms with E-state index in [2.05, 4.69) is 265 Å². The second kappa shape index (κ2) is 19.5. The normalized spacial score (nSPS) is 11.2. The maximum absolute atomic E-state index is 3.80. The highest BCUT2D eigenvalue weighted by Crippen LogP contribution is 2.41. The van der Waals surface area contributed by atoms with Gasteiger partial charge in [-0.15, -0.1) is 0 Å². The van der Waals surface area contributed by atoms with Crippen LogP contribution in [0.5, 0.6) is 0 Å². The Morgan fingerprint density at radius 1 is 0.286 bits per heavy atom. The second-order valence-electron chi connectivity index (χ2n) is 15.3. The molecule has 0 aromatic heterocycles. The van der Waals surface area contributed by atoms with Crippen molar-refractivity contribution in [3.05, 3.63) is 274 Å². The zero-order valence-electron chi connectivity index (χ0n) is 35.2. The zero-order valence-corrected chi connectivity index (χ0v) is 35.2. The van der Waals surface area contributed by atoms with Crippen molar-refractivity contribution in [3.8, 4) is 55.6 Å². The van der Waals surface area contributed by atoms with Crippen LogP contribution in [0.25, 0.3) is 55.6 Å². The minimum absolute atomic E-state index is 0.720. The summed E-state index contributed by atoms with van der Waals surface area (Å²) in [5.74, 6) is 0. The molecule has 302 valence electrons. The average molecular weight is 809 g/mol. The van der Waals surface area contributed by atoms with Gasteiger partial charge in [-0.25, -0.2) is 0 Å². The molecule has 0 radical (unpaired) electrons. The van der Waals surface area contributed by atoms with Crippen LogP contribution >= 0.6 is 0 Å². The monoisotopic (exact) mass is 808 g/mol. The Bertz CT molecular complexity index is 2930. The lowest BCUT2D eigenvalue weighted by Crippen LogP contribution is -2.16. The Morgan fingerprint density at radius 3 is 1.05 bits per heavy atom. The van der Waals surface area contributed by atoms with E-state index in [1.807, 2.05) is 12.2 Å². The highest BCUT2D eigenvalue weighted by Gasteiger charge is 2.16. The lowest BCUT2D eigenvalue weighted by atomic mass is 9.89. The summed E-state index contributed by atoms with van der Waals surface area (Å²) in [4.78, 5) is 4.67. The van der Waals surface area contributed by atoms with Crippen molar-refractivity contribution in [3.63, 3.8) is 0 Å². The average Bonchev–Trinajstić information content (AvgIpc) is 3.37. The van der Waals surface area contributed by atoms with Crippen molar-refractivity contribution in [1.29, 1.82) is 0 Å². The van der Waals surface area contributed by atoms with Gasteiger partial charge in [-0.2, -0.15) is 0 Å². The van der Waals surface area contributed by atoms with Crippen LogP contribution < -0.4 is 9.80 Å². The largest absolute Gasteiger partial charge is 0.338 e. The standard InChI is InChI=1S/C61H48N2/c1-2-3-4-5-19-46-62(53-38-30-49(31-39-53)47-20-9-6-10-21-47)54-40-34-51(35-41-54)58-26-15-17-28-60(58)61-29-18-16-27-59(61)52-36-44-57(45-37-52)63(55-24-13-8-14-25-55)56-42-32-50(33-43-56)48-22-11-7-12-23-48/h2-45H,1,46H2/b4-3-,19-5-. The lowest BCUT2D eigenvalue weighted by Gasteiger charge is -2.26. The zero-order chi connectivity index (χ0) is 42.6. The minimum Gasteiger partial charge on any atom is -0.338 e. The number of hydrogen-bond donors (Lipinski definition) is 0. The van der Waals surface area contributed by atoms with E-state index in [0.29, 0.717) is 0 Å². The molecule has 0 saturated heterocycles. The van der Waals surface area contributed by atoms with E-state index in [1.165, 1.54) is 50.1 Å². The van der Waals surface area contributed by atoms with Crippen LogP contribution in [0, 0.1) is 0 Å². The van der Waals surface area contributed by atoms with Crippen molar-refractivity contribution in [2.75, 3.05) is 16.3 Å². The third-order valence-electron chi connectivity index (χ3n) is 11.4. The molecule has 0 bridgehead atoms. The van der Waals surface area contributed by atoms with Crippen LogP contribution in [-0.4, -0.2) is 6.54 Å². The molecule has 0 atom stereocenters. The van der Waals surface area contributed by atoms with Gasteiger partial charge in [0.2, 0.25) is 0 Å². The Labute approximate surface area is 372 Å². The van der Waals surface area contributed by atoms with Gasteiger partial charge in [-0.3, -0.25) is 0 Å². The quantitative estimate of drug-likeness (QED) is 0.101. The third kappa shape index (κ3) is 9.27. The van der Waals surface area contributed by atoms with Gasteiger partial charge in [0.05, 0.1) is 0 Å². The molecule has 2 heteroatoms. The van der Waals surface area contributed by atoms with Gasteiger partial charge < -0.3 is 9.80 Å². The summed E-state index contributed by atoms with van der Waals surface area (Å²) in [6, 6.07) is 84.8. The van der Waals surface area contributed by atoms with Crippen LogP contribution in [0.3, 0.4) is 0 Å². The first-order valence-electron chi connectivity index (χ1n) is 21.5. The maximum Gasteiger partial charge on any atom is 0.0462 e. The van der Waals surface area contributed by atoms with Gasteiger partial charge in [0, 0.05) is 35.0 Å². The summed E-state index contributed by atoms with van der Waals surface area (Å²) in [6.45, 7) is 4.52. The van der Waals surface area contributed by atoms with Gasteiger partial charge in [-0.05, 0) is 116 Å². The van der Waals surface area contributed by atoms with Crippen molar-refractivity contribution in [2.24, 2.45) is 0 Å². The molecule has 0 fully saturated rings. The van der Waals surface area contributed by atoms with Crippen LogP contribution in [-0.2, 0) is 0 Å². The molecule has 2 nitrogen and oxygen atoms in total. The van der Waals surface area contributed by atoms with E-state index >= 15 is 0 Å². The summed E-state index contributed by atoms with van der Waals surface area (Å²) >= 11 is 0. The number of anilines is 5. The molecule has 0 N–H and O–H groups in total. The fourth-order valence-electron chi connectivity index (χ4n) is 8.22. The van der Waals surface area contributed by atoms with Crippen LogP contribution in [0.4, 0.5) is 28.4 Å². The molecule has 0 heterocycles. The number of rotatable bonds is 14. The summed E-state index contributed by atoms with van der Waals surface area (Å²) in [5.41, 5.74) is 17.5. The van der Waals surface area contributed by atoms with Crippen molar-refractivity contribution < 1.29 is 0 Å². The number of allylic oxidation sites excluding steroid dienone is 4. The van der Waals surface area contributed by atoms with Crippen LogP contribution in [0.15, 0.2) is 274 Å². The summed E-state index contributed by atoms with van der Waals surface area (Å²) in [6.07, 6.45) is 10.0. The second-order valence-corrected chi connectivity index (χ2v) is 15.3. The van der Waals surface area contributed by atoms with E-state index < -0.39 is 0 Å². The number of para-hydroxylation sites is 1. The predicted molar refractivity (Wildman–Crippen MR) is 270 cm³/mol. The fraction of sp³-hybridized carbons (Fsp3) is 0.0164. The van der Waals surface area contributed by atoms with Crippen molar-refractivity contribution >= 4 is 28.4 Å². The molecule has 0 saturated carbocycles. The van der Waals surface area contributed by atoms with E-state index in [-0.39, 0.29) is 0 Å². The molecule has 9 rings (SSSR count). The molecule has 0 aliphatic heterocycles. The SMILES string of the molecule is C=C/C=C\C=C/CN(c1ccc(-c2ccccc2)cc1)c1ccc(-c2ccccc2-c2ccccc2-c2ccc(N(c3ccccc3)c3ccc(-c4ccccc4)cc3)cc2)cc1. The topological polar surface area (TPSA) is 6.48 Å². The lowest BCUT2D eigenvalue weighted by molar-refractivity contribution is 1.10. The van der Waals surface area contributed by atoms with E-state index in [9.17, 15) is 0 Å². The van der Waals surface area contributed by atoms with E-state index in [0.717, 1.165) is 40.5 Å². The summed E-state index contributed by atoms with van der Waals surface area (Å²) < 4.78 is 0. The minimum atomic E-state index is 0.720. The van der Waals surface area contributed by atoms with Crippen molar-refractivity contribution in [2.45, 2.75) is 0 Å². The first-order chi connectivity index (χ1) is 31.2. The molecule has 9 aromatic rings. The molecular formula is C61H48N2. The predicted octanol–water partition coefficient (Wildman–Crippen LogP) is 16.9. The Morgan fingerprint density at radius 2 is 0.619 bits per heavy atom. The molecule has 0 spiro atoms. The Kier molecular flexibility index (Phi) is 12.4. The smallest absolute Gasteiger partial charge is 0.0462 e. The molecular weight excluding hydrogens is 761 g/mol. The van der Waals surface area contributed by atoms with Gasteiger partial charge in [0.15, 0.2) is 0 Å².